The first-order valence-corrected chi connectivity index (χ1v) is 17.1. The molecule has 216 valence electrons. The number of aromatic nitrogens is 1. The Balaban J connectivity index is 1.51. The van der Waals surface area contributed by atoms with Gasteiger partial charge in [0.25, 0.3) is 0 Å². The highest BCUT2D eigenvalue weighted by Gasteiger charge is 2.56. The molecule has 3 atom stereocenters. The lowest BCUT2D eigenvalue weighted by molar-refractivity contribution is 0.685. The van der Waals surface area contributed by atoms with Crippen molar-refractivity contribution in [1.29, 1.82) is 5.26 Å². The summed E-state index contributed by atoms with van der Waals surface area (Å²) >= 11 is 1.85. The smallest absolute Gasteiger partial charge is 0.0991 e. The summed E-state index contributed by atoms with van der Waals surface area (Å²) in [7, 11) is 0. The highest BCUT2D eigenvalue weighted by atomic mass is 32.2. The van der Waals surface area contributed by atoms with Crippen molar-refractivity contribution in [2.75, 3.05) is 6.26 Å². The van der Waals surface area contributed by atoms with Crippen molar-refractivity contribution in [3.63, 3.8) is 0 Å². The van der Waals surface area contributed by atoms with Gasteiger partial charge in [0.15, 0.2) is 0 Å². The molecule has 9 rings (SSSR count). The molecule has 1 aromatic heterocycles. The molecule has 1 fully saturated rings. The average Bonchev–Trinajstić information content (AvgIpc) is 3.82. The first-order chi connectivity index (χ1) is 22.2. The Hall–Kier alpha value is -4.78. The summed E-state index contributed by atoms with van der Waals surface area (Å²) in [6, 6.07) is 44.8. The number of hydrogen-bond donors (Lipinski definition) is 0. The number of fused-ring (bicyclic) bond motifs is 7. The number of rotatable bonds is 5. The molecule has 0 bridgehead atoms. The molecule has 1 aliphatic heterocycles. The number of hydrogen-bond acceptors (Lipinski definition) is 2. The van der Waals surface area contributed by atoms with Crippen molar-refractivity contribution in [2.24, 2.45) is 11.8 Å². The molecule has 0 amide bonds. The van der Waals surface area contributed by atoms with E-state index in [2.05, 4.69) is 133 Å². The van der Waals surface area contributed by atoms with Crippen LogP contribution in [-0.4, -0.2) is 10.8 Å². The Morgan fingerprint density at radius 1 is 0.822 bits per heavy atom. The van der Waals surface area contributed by atoms with Crippen LogP contribution in [0.4, 0.5) is 0 Å². The van der Waals surface area contributed by atoms with Gasteiger partial charge >= 0.3 is 0 Å². The maximum atomic E-state index is 9.47. The van der Waals surface area contributed by atoms with Crippen LogP contribution in [0.15, 0.2) is 120 Å². The minimum atomic E-state index is -0.461. The molecule has 1 saturated carbocycles. The van der Waals surface area contributed by atoms with Crippen molar-refractivity contribution in [3.05, 3.63) is 154 Å². The molecule has 2 aliphatic carbocycles. The third kappa shape index (κ3) is 3.58. The second-order valence-electron chi connectivity index (χ2n) is 12.6. The summed E-state index contributed by atoms with van der Waals surface area (Å²) < 4.78 is 2.58. The Morgan fingerprint density at radius 2 is 1.56 bits per heavy atom. The second-order valence-corrected chi connectivity index (χ2v) is 13.4. The van der Waals surface area contributed by atoms with Crippen molar-refractivity contribution in [3.8, 4) is 22.9 Å². The number of para-hydroxylation sites is 2. The van der Waals surface area contributed by atoms with E-state index < -0.39 is 5.41 Å². The van der Waals surface area contributed by atoms with Gasteiger partial charge in [-0.2, -0.15) is 5.26 Å². The van der Waals surface area contributed by atoms with Crippen molar-refractivity contribution >= 4 is 34.3 Å². The summed E-state index contributed by atoms with van der Waals surface area (Å²) in [4.78, 5) is 1.30. The Kier molecular flexibility index (Phi) is 5.83. The Labute approximate surface area is 268 Å². The van der Waals surface area contributed by atoms with Crippen LogP contribution in [-0.2, 0) is 11.8 Å². The van der Waals surface area contributed by atoms with Gasteiger partial charge in [-0.1, -0.05) is 91.9 Å². The van der Waals surface area contributed by atoms with Gasteiger partial charge in [0.1, 0.15) is 0 Å². The third-order valence-corrected chi connectivity index (χ3v) is 11.3. The molecule has 3 aliphatic rings. The third-order valence-electron chi connectivity index (χ3n) is 10.5. The van der Waals surface area contributed by atoms with Crippen LogP contribution in [0.25, 0.3) is 39.4 Å². The fourth-order valence-corrected chi connectivity index (χ4v) is 9.13. The van der Waals surface area contributed by atoms with Crippen LogP contribution in [0, 0.1) is 23.2 Å². The van der Waals surface area contributed by atoms with Gasteiger partial charge in [0.2, 0.25) is 0 Å². The maximum Gasteiger partial charge on any atom is 0.0991 e. The first kappa shape index (κ1) is 26.6. The van der Waals surface area contributed by atoms with E-state index in [1.807, 2.05) is 23.9 Å². The van der Waals surface area contributed by atoms with E-state index in [4.69, 9.17) is 0 Å². The quantitative estimate of drug-likeness (QED) is 0.187. The summed E-state index contributed by atoms with van der Waals surface area (Å²) in [6.45, 7) is 2.30. The Bertz CT molecular complexity index is 2350. The number of nitriles is 1. The molecule has 5 aromatic carbocycles. The van der Waals surface area contributed by atoms with Crippen LogP contribution < -0.4 is 10.6 Å². The van der Waals surface area contributed by atoms with Crippen LogP contribution in [0.3, 0.4) is 0 Å². The zero-order valence-corrected chi connectivity index (χ0v) is 26.2. The minimum Gasteiger partial charge on any atom is -0.309 e. The van der Waals surface area contributed by atoms with Gasteiger partial charge in [-0.15, -0.1) is 11.8 Å². The molecule has 0 radical (unpaired) electrons. The summed E-state index contributed by atoms with van der Waals surface area (Å²) in [5, 5.41) is 13.6. The topological polar surface area (TPSA) is 28.7 Å². The van der Waals surface area contributed by atoms with E-state index in [1.165, 1.54) is 66.3 Å². The number of benzene rings is 5. The summed E-state index contributed by atoms with van der Waals surface area (Å²) in [5.74, 6) is 1.05. The van der Waals surface area contributed by atoms with E-state index in [0.717, 1.165) is 12.0 Å². The lowest BCUT2D eigenvalue weighted by Gasteiger charge is -2.45. The van der Waals surface area contributed by atoms with E-state index >= 15 is 0 Å². The molecule has 0 saturated heterocycles. The standard InChI is InChI=1S/C42H32N2S/c1-3-27-10-4-6-12-34(27)42(36-24-29(20-21-39(36)45-2)28-18-16-26(25-43)17-19-28)35-13-7-9-15-38(35)44-37-14-8-5-11-31(37)33-23-30-22-32(30)40(42)41(33)44/h4-21,23-24,30,32H,3,22H2,1-2H3/t30-,32?,42?/m0/s1. The molecule has 2 heterocycles. The van der Waals surface area contributed by atoms with Crippen molar-refractivity contribution < 1.29 is 0 Å². The normalized spacial score (nSPS) is 20.5. The zero-order chi connectivity index (χ0) is 30.3. The average molecular weight is 597 g/mol. The van der Waals surface area contributed by atoms with E-state index in [-0.39, 0.29) is 0 Å². The molecule has 2 nitrogen and oxygen atoms in total. The molecular formula is C42H32N2S. The molecule has 45 heavy (non-hydrogen) atoms. The number of aryl methyl sites for hydroxylation is 1. The second kappa shape index (κ2) is 9.86. The van der Waals surface area contributed by atoms with E-state index in [0.29, 0.717) is 17.4 Å². The van der Waals surface area contributed by atoms with Gasteiger partial charge in [-0.25, -0.2) is 0 Å². The monoisotopic (exact) mass is 596 g/mol. The highest BCUT2D eigenvalue weighted by Crippen LogP contribution is 2.62. The van der Waals surface area contributed by atoms with E-state index in [9.17, 15) is 5.26 Å². The van der Waals surface area contributed by atoms with Gasteiger partial charge in [-0.05, 0) is 106 Å². The van der Waals surface area contributed by atoms with Crippen LogP contribution in [0.5, 0.6) is 0 Å². The molecule has 0 spiro atoms. The summed E-state index contributed by atoms with van der Waals surface area (Å²) in [5.41, 5.74) is 12.2. The van der Waals surface area contributed by atoms with Gasteiger partial charge in [0.05, 0.1) is 33.6 Å². The molecule has 3 heteroatoms. The van der Waals surface area contributed by atoms with Gasteiger partial charge in [-0.3, -0.25) is 0 Å². The van der Waals surface area contributed by atoms with Crippen molar-refractivity contribution in [2.45, 2.75) is 30.1 Å². The van der Waals surface area contributed by atoms with Gasteiger partial charge < -0.3 is 4.57 Å². The van der Waals surface area contributed by atoms with Crippen molar-refractivity contribution in [1.82, 2.24) is 4.57 Å². The fraction of sp³-hybridized carbons (Fsp3) is 0.167. The molecule has 0 N–H and O–H groups in total. The van der Waals surface area contributed by atoms with Crippen LogP contribution in [0.2, 0.25) is 0 Å². The fourth-order valence-electron chi connectivity index (χ4n) is 8.49. The maximum absolute atomic E-state index is 9.47. The van der Waals surface area contributed by atoms with Crippen LogP contribution in [0.1, 0.15) is 41.2 Å². The van der Waals surface area contributed by atoms with E-state index in [1.54, 1.807) is 5.57 Å². The largest absolute Gasteiger partial charge is 0.309 e. The predicted octanol–water partition coefficient (Wildman–Crippen LogP) is 8.38. The SMILES string of the molecule is CCc1ccccc1C1(c2cc(-c3ccc(C#N)cc3)ccc2SC)C2=c3c(c4ccccc4n3-c3ccccc31)=C[C@@H]1CC21. The highest BCUT2D eigenvalue weighted by molar-refractivity contribution is 7.98. The first-order valence-electron chi connectivity index (χ1n) is 15.9. The lowest BCUT2D eigenvalue weighted by Crippen LogP contribution is -2.48. The lowest BCUT2D eigenvalue weighted by atomic mass is 9.60. The molecular weight excluding hydrogens is 565 g/mol. The Morgan fingerprint density at radius 3 is 2.36 bits per heavy atom. The van der Waals surface area contributed by atoms with Crippen LogP contribution >= 0.6 is 11.8 Å². The van der Waals surface area contributed by atoms with Gasteiger partial charge in [0, 0.05) is 15.5 Å². The summed E-state index contributed by atoms with van der Waals surface area (Å²) in [6.07, 6.45) is 6.96. The predicted molar refractivity (Wildman–Crippen MR) is 186 cm³/mol. The molecule has 2 unspecified atom stereocenters. The molecule has 6 aromatic rings. The number of thioether (sulfide) groups is 1. The number of nitrogens with zero attached hydrogens (tertiary/aromatic N) is 2. The zero-order valence-electron chi connectivity index (χ0n) is 25.4. The minimum absolute atomic E-state index is 0.461.